The molecule has 1 aliphatic carbocycles. The minimum Gasteiger partial charge on any atom is -0.481 e. The van der Waals surface area contributed by atoms with Crippen molar-refractivity contribution in [3.05, 3.63) is 12.3 Å². The molecular formula is C14H21N3O3. The predicted octanol–water partition coefficient (Wildman–Crippen LogP) is 2.46. The van der Waals surface area contributed by atoms with Gasteiger partial charge >= 0.3 is 5.97 Å². The summed E-state index contributed by atoms with van der Waals surface area (Å²) in [5.41, 5.74) is -0.421. The number of aliphatic carboxylic acids is 1. The molecule has 0 atom stereocenters. The molecule has 0 aliphatic heterocycles. The van der Waals surface area contributed by atoms with Crippen molar-refractivity contribution in [2.45, 2.75) is 51.0 Å². The summed E-state index contributed by atoms with van der Waals surface area (Å²) in [7, 11) is 0. The SMILES string of the molecule is CCCOc1ccnc(NC2(CC(=O)O)CCCC2)n1. The molecule has 2 N–H and O–H groups in total. The van der Waals surface area contributed by atoms with Crippen molar-refractivity contribution in [1.29, 1.82) is 0 Å². The second-order valence-electron chi connectivity index (χ2n) is 5.25. The number of nitrogens with zero attached hydrogens (tertiary/aromatic N) is 2. The van der Waals surface area contributed by atoms with Crippen molar-refractivity contribution in [2.24, 2.45) is 0 Å². The Morgan fingerprint density at radius 3 is 2.90 bits per heavy atom. The molecule has 20 heavy (non-hydrogen) atoms. The Kier molecular flexibility index (Phi) is 4.76. The van der Waals surface area contributed by atoms with E-state index in [0.717, 1.165) is 32.1 Å². The van der Waals surface area contributed by atoms with Crippen molar-refractivity contribution >= 4 is 11.9 Å². The Hall–Kier alpha value is -1.85. The van der Waals surface area contributed by atoms with E-state index in [2.05, 4.69) is 15.3 Å². The van der Waals surface area contributed by atoms with E-state index in [1.165, 1.54) is 0 Å². The van der Waals surface area contributed by atoms with Crippen molar-refractivity contribution in [2.75, 3.05) is 11.9 Å². The average Bonchev–Trinajstić information content (AvgIpc) is 2.84. The molecule has 6 nitrogen and oxygen atoms in total. The fourth-order valence-electron chi connectivity index (χ4n) is 2.61. The van der Waals surface area contributed by atoms with Crippen LogP contribution in [-0.2, 0) is 4.79 Å². The van der Waals surface area contributed by atoms with Gasteiger partial charge in [0.25, 0.3) is 0 Å². The van der Waals surface area contributed by atoms with Gasteiger partial charge in [0.1, 0.15) is 0 Å². The summed E-state index contributed by atoms with van der Waals surface area (Å²) < 4.78 is 5.47. The number of anilines is 1. The Labute approximate surface area is 118 Å². The zero-order valence-corrected chi connectivity index (χ0v) is 11.8. The Morgan fingerprint density at radius 1 is 1.50 bits per heavy atom. The lowest BCUT2D eigenvalue weighted by Gasteiger charge is -2.28. The number of carboxylic acids is 1. The summed E-state index contributed by atoms with van der Waals surface area (Å²) in [6.45, 7) is 2.64. The second-order valence-corrected chi connectivity index (χ2v) is 5.25. The highest BCUT2D eigenvalue weighted by molar-refractivity contribution is 5.69. The lowest BCUT2D eigenvalue weighted by atomic mass is 9.93. The van der Waals surface area contributed by atoms with Gasteiger partial charge in [0.05, 0.1) is 18.6 Å². The van der Waals surface area contributed by atoms with Gasteiger partial charge in [-0.1, -0.05) is 19.8 Å². The molecule has 1 aromatic heterocycles. The first-order valence-corrected chi connectivity index (χ1v) is 7.09. The topological polar surface area (TPSA) is 84.3 Å². The summed E-state index contributed by atoms with van der Waals surface area (Å²) in [6.07, 6.45) is 6.37. The van der Waals surface area contributed by atoms with Crippen LogP contribution in [0, 0.1) is 0 Å². The molecule has 110 valence electrons. The monoisotopic (exact) mass is 279 g/mol. The summed E-state index contributed by atoms with van der Waals surface area (Å²) in [5.74, 6) is 0.173. The number of carbonyl (C=O) groups is 1. The van der Waals surface area contributed by atoms with Crippen LogP contribution in [0.25, 0.3) is 0 Å². The molecular weight excluding hydrogens is 258 g/mol. The third kappa shape index (κ3) is 3.82. The maximum absolute atomic E-state index is 11.1. The van der Waals surface area contributed by atoms with Crippen molar-refractivity contribution in [3.8, 4) is 5.88 Å². The maximum atomic E-state index is 11.1. The number of hydrogen-bond acceptors (Lipinski definition) is 5. The van der Waals surface area contributed by atoms with Crippen LogP contribution in [0.1, 0.15) is 45.4 Å². The largest absolute Gasteiger partial charge is 0.481 e. The van der Waals surface area contributed by atoms with Crippen LogP contribution in [-0.4, -0.2) is 33.2 Å². The molecule has 0 radical (unpaired) electrons. The maximum Gasteiger partial charge on any atom is 0.305 e. The summed E-state index contributed by atoms with van der Waals surface area (Å²) in [5, 5.41) is 12.3. The Bertz CT molecular complexity index is 459. The van der Waals surface area contributed by atoms with Gasteiger partial charge in [0, 0.05) is 12.3 Å². The van der Waals surface area contributed by atoms with Gasteiger partial charge in [-0.05, 0) is 19.3 Å². The third-order valence-electron chi connectivity index (χ3n) is 3.51. The van der Waals surface area contributed by atoms with Gasteiger partial charge in [-0.15, -0.1) is 0 Å². The highest BCUT2D eigenvalue weighted by Crippen LogP contribution is 2.35. The molecule has 1 aliphatic rings. The lowest BCUT2D eigenvalue weighted by Crippen LogP contribution is -2.38. The van der Waals surface area contributed by atoms with Crippen LogP contribution >= 0.6 is 0 Å². The second kappa shape index (κ2) is 6.54. The molecule has 1 fully saturated rings. The van der Waals surface area contributed by atoms with E-state index < -0.39 is 11.5 Å². The van der Waals surface area contributed by atoms with Crippen LogP contribution in [0.5, 0.6) is 5.88 Å². The van der Waals surface area contributed by atoms with Crippen LogP contribution in [0.3, 0.4) is 0 Å². The first-order valence-electron chi connectivity index (χ1n) is 7.09. The molecule has 0 amide bonds. The van der Waals surface area contributed by atoms with Crippen molar-refractivity contribution in [3.63, 3.8) is 0 Å². The van der Waals surface area contributed by atoms with E-state index >= 15 is 0 Å². The number of ether oxygens (including phenoxy) is 1. The van der Waals surface area contributed by atoms with Crippen LogP contribution in [0.2, 0.25) is 0 Å². The fourth-order valence-corrected chi connectivity index (χ4v) is 2.61. The van der Waals surface area contributed by atoms with Gasteiger partial charge in [-0.2, -0.15) is 4.98 Å². The summed E-state index contributed by atoms with van der Waals surface area (Å²) >= 11 is 0. The van der Waals surface area contributed by atoms with Gasteiger partial charge in [0.2, 0.25) is 11.8 Å². The molecule has 0 unspecified atom stereocenters. The van der Waals surface area contributed by atoms with Gasteiger partial charge in [-0.25, -0.2) is 4.98 Å². The third-order valence-corrected chi connectivity index (χ3v) is 3.51. The zero-order chi connectivity index (χ0) is 14.4. The zero-order valence-electron chi connectivity index (χ0n) is 11.8. The Balaban J connectivity index is 2.08. The van der Waals surface area contributed by atoms with Crippen molar-refractivity contribution in [1.82, 2.24) is 9.97 Å². The predicted molar refractivity (Wildman–Crippen MR) is 74.9 cm³/mol. The number of rotatable bonds is 7. The molecule has 2 rings (SSSR count). The molecule has 0 bridgehead atoms. The number of aromatic nitrogens is 2. The smallest absolute Gasteiger partial charge is 0.305 e. The van der Waals surface area contributed by atoms with Gasteiger partial charge in [0.15, 0.2) is 0 Å². The first-order chi connectivity index (χ1) is 9.63. The van der Waals surface area contributed by atoms with E-state index in [9.17, 15) is 4.79 Å². The molecule has 0 spiro atoms. The highest BCUT2D eigenvalue weighted by Gasteiger charge is 2.36. The van der Waals surface area contributed by atoms with Crippen molar-refractivity contribution < 1.29 is 14.6 Å². The molecule has 6 heteroatoms. The summed E-state index contributed by atoms with van der Waals surface area (Å²) in [4.78, 5) is 19.5. The first kappa shape index (κ1) is 14.6. The normalized spacial score (nSPS) is 16.9. The molecule has 1 saturated carbocycles. The minimum atomic E-state index is -0.794. The molecule has 1 aromatic rings. The molecule has 0 saturated heterocycles. The van der Waals surface area contributed by atoms with Crippen LogP contribution in [0.15, 0.2) is 12.3 Å². The summed E-state index contributed by atoms with van der Waals surface area (Å²) in [6, 6.07) is 1.71. The Morgan fingerprint density at radius 2 is 2.25 bits per heavy atom. The lowest BCUT2D eigenvalue weighted by molar-refractivity contribution is -0.138. The van der Waals surface area contributed by atoms with E-state index in [0.29, 0.717) is 18.4 Å². The highest BCUT2D eigenvalue weighted by atomic mass is 16.5. The number of carboxylic acid groups (broad SMARTS) is 1. The average molecular weight is 279 g/mol. The van der Waals surface area contributed by atoms with E-state index in [4.69, 9.17) is 9.84 Å². The number of nitrogens with one attached hydrogen (secondary N) is 1. The van der Waals surface area contributed by atoms with E-state index in [1.54, 1.807) is 12.3 Å². The minimum absolute atomic E-state index is 0.0937. The van der Waals surface area contributed by atoms with Crippen LogP contribution in [0.4, 0.5) is 5.95 Å². The molecule has 0 aromatic carbocycles. The van der Waals surface area contributed by atoms with E-state index in [1.807, 2.05) is 6.92 Å². The molecule has 1 heterocycles. The van der Waals surface area contributed by atoms with Gasteiger partial charge < -0.3 is 15.2 Å². The fraction of sp³-hybridized carbons (Fsp3) is 0.643. The van der Waals surface area contributed by atoms with Gasteiger partial charge in [-0.3, -0.25) is 4.79 Å². The standard InChI is InChI=1S/C14H21N3O3/c1-2-9-20-11-5-8-15-13(16-11)17-14(10-12(18)19)6-3-4-7-14/h5,8H,2-4,6-7,9-10H2,1H3,(H,18,19)(H,15,16,17). The van der Waals surface area contributed by atoms with Crippen LogP contribution < -0.4 is 10.1 Å². The quantitative estimate of drug-likeness (QED) is 0.797. The number of hydrogen-bond donors (Lipinski definition) is 2. The van der Waals surface area contributed by atoms with E-state index in [-0.39, 0.29) is 6.42 Å².